The first-order valence-electron chi connectivity index (χ1n) is 4.02. The summed E-state index contributed by atoms with van der Waals surface area (Å²) in [5.41, 5.74) is 0.814. The van der Waals surface area contributed by atoms with Crippen LogP contribution in [-0.2, 0) is 23.3 Å². The Morgan fingerprint density at radius 3 is 2.71 bits per heavy atom. The summed E-state index contributed by atoms with van der Waals surface area (Å²) in [5.74, 6) is -0.398. The molecule has 6 heteroatoms. The molecule has 1 heterocycles. The Morgan fingerprint density at radius 2 is 2.07 bits per heavy atom. The summed E-state index contributed by atoms with van der Waals surface area (Å²) in [6, 6.07) is 9.34. The molecule has 0 aliphatic rings. The third-order valence-electron chi connectivity index (χ3n) is 1.82. The van der Waals surface area contributed by atoms with E-state index in [1.54, 1.807) is 0 Å². The van der Waals surface area contributed by atoms with Crippen molar-refractivity contribution >= 4 is 11.5 Å². The van der Waals surface area contributed by atoms with E-state index in [9.17, 15) is 5.11 Å². The summed E-state index contributed by atoms with van der Waals surface area (Å²) < 4.78 is 6.62. The SMILES string of the molecule is [O-]c1on[n+](-c2ccccc2)[c]1[Hg][Cl]. The second kappa shape index (κ2) is 4.27. The van der Waals surface area contributed by atoms with E-state index in [-0.39, 0.29) is 0 Å². The number of hydrogen-bond donors (Lipinski definition) is 0. The number of aromatic nitrogens is 2. The van der Waals surface area contributed by atoms with Gasteiger partial charge in [-0.2, -0.15) is 0 Å². The van der Waals surface area contributed by atoms with E-state index in [1.807, 2.05) is 30.3 Å². The zero-order valence-corrected chi connectivity index (χ0v) is 13.4. The summed E-state index contributed by atoms with van der Waals surface area (Å²) >= 11 is -1.81. The van der Waals surface area contributed by atoms with Gasteiger partial charge in [-0.25, -0.2) is 0 Å². The summed E-state index contributed by atoms with van der Waals surface area (Å²) in [6.07, 6.45) is 0. The molecule has 0 N–H and O–H groups in total. The van der Waals surface area contributed by atoms with E-state index >= 15 is 0 Å². The van der Waals surface area contributed by atoms with Gasteiger partial charge in [0.1, 0.15) is 0 Å². The van der Waals surface area contributed by atoms with Crippen molar-refractivity contribution < 1.29 is 37.7 Å². The minimum absolute atomic E-state index is 0.398. The number of nitrogens with zero attached hydrogens (tertiary/aromatic N) is 2. The van der Waals surface area contributed by atoms with Gasteiger partial charge in [-0.15, -0.1) is 0 Å². The second-order valence-corrected chi connectivity index (χ2v) is 8.68. The molecule has 0 amide bonds. The van der Waals surface area contributed by atoms with Crippen LogP contribution in [-0.4, -0.2) is 5.27 Å². The van der Waals surface area contributed by atoms with Gasteiger partial charge in [0.05, 0.1) is 0 Å². The molecule has 14 heavy (non-hydrogen) atoms. The Morgan fingerprint density at radius 1 is 1.36 bits per heavy atom. The van der Waals surface area contributed by atoms with Crippen LogP contribution < -0.4 is 13.0 Å². The van der Waals surface area contributed by atoms with Crippen LogP contribution in [0.3, 0.4) is 0 Å². The minimum atomic E-state index is -1.81. The Kier molecular flexibility index (Phi) is 3.03. The molecule has 68 valence electrons. The van der Waals surface area contributed by atoms with Gasteiger partial charge in [0.15, 0.2) is 0 Å². The Balaban J connectivity index is 2.52. The van der Waals surface area contributed by atoms with Crippen molar-refractivity contribution in [2.45, 2.75) is 0 Å². The molecule has 0 atom stereocenters. The van der Waals surface area contributed by atoms with Crippen LogP contribution in [0.15, 0.2) is 34.9 Å². The zero-order chi connectivity index (χ0) is 9.97. The van der Waals surface area contributed by atoms with Crippen molar-refractivity contribution in [3.05, 3.63) is 30.3 Å². The van der Waals surface area contributed by atoms with Gasteiger partial charge in [0, 0.05) is 0 Å². The van der Waals surface area contributed by atoms with Crippen LogP contribution in [0.4, 0.5) is 0 Å². The van der Waals surface area contributed by atoms with Gasteiger partial charge in [-0.3, -0.25) is 0 Å². The van der Waals surface area contributed by atoms with Crippen molar-refractivity contribution in [2.75, 3.05) is 0 Å². The van der Waals surface area contributed by atoms with Crippen molar-refractivity contribution in [3.8, 4) is 11.6 Å². The quantitative estimate of drug-likeness (QED) is 0.525. The molecule has 0 saturated heterocycles. The maximum absolute atomic E-state index is 11.2. The fourth-order valence-corrected chi connectivity index (χ4v) is 5.15. The molecule has 1 aromatic carbocycles. The van der Waals surface area contributed by atoms with Gasteiger partial charge in [0.25, 0.3) is 0 Å². The molecule has 0 radical (unpaired) electrons. The Hall–Kier alpha value is -0.615. The van der Waals surface area contributed by atoms with Crippen molar-refractivity contribution in [1.82, 2.24) is 5.27 Å². The predicted octanol–water partition coefficient (Wildman–Crippen LogP) is -0.114. The van der Waals surface area contributed by atoms with Crippen LogP contribution in [0.25, 0.3) is 5.69 Å². The molecule has 1 aromatic heterocycles. The average Bonchev–Trinajstić information content (AvgIpc) is 2.61. The monoisotopic (exact) mass is 398 g/mol. The van der Waals surface area contributed by atoms with E-state index in [1.165, 1.54) is 4.68 Å². The molecule has 0 saturated carbocycles. The summed E-state index contributed by atoms with van der Waals surface area (Å²) in [5, 5.41) is 14.8. The summed E-state index contributed by atoms with van der Waals surface area (Å²) in [6.45, 7) is 0. The van der Waals surface area contributed by atoms with Crippen molar-refractivity contribution in [1.29, 1.82) is 0 Å². The zero-order valence-electron chi connectivity index (χ0n) is 7.18. The first-order chi connectivity index (χ1) is 6.83. The third-order valence-corrected chi connectivity index (χ3v) is 7.32. The topological polar surface area (TPSA) is 53.0 Å². The summed E-state index contributed by atoms with van der Waals surface area (Å²) in [7, 11) is 5.83. The van der Waals surface area contributed by atoms with Gasteiger partial charge < -0.3 is 0 Å². The van der Waals surface area contributed by atoms with Gasteiger partial charge in [-0.05, 0) is 0 Å². The molecule has 2 rings (SSSR count). The van der Waals surface area contributed by atoms with Gasteiger partial charge in [0.2, 0.25) is 0 Å². The van der Waals surface area contributed by atoms with Crippen LogP contribution in [0, 0.1) is 0 Å². The maximum atomic E-state index is 11.2. The fraction of sp³-hybridized carbons (Fsp3) is 0. The molecule has 0 spiro atoms. The average molecular weight is 397 g/mol. The molecule has 2 aromatic rings. The van der Waals surface area contributed by atoms with Crippen molar-refractivity contribution in [2.24, 2.45) is 0 Å². The van der Waals surface area contributed by atoms with Gasteiger partial charge in [-0.1, -0.05) is 0 Å². The second-order valence-electron chi connectivity index (χ2n) is 2.69. The van der Waals surface area contributed by atoms with E-state index in [4.69, 9.17) is 8.25 Å². The predicted molar refractivity (Wildman–Crippen MR) is 43.0 cm³/mol. The molecule has 0 aliphatic heterocycles. The van der Waals surface area contributed by atoms with E-state index in [0.29, 0.717) is 3.20 Å². The molecule has 0 aliphatic carbocycles. The number of para-hydroxylation sites is 1. The Bertz CT molecular complexity index is 432. The van der Waals surface area contributed by atoms with Crippen molar-refractivity contribution in [3.63, 3.8) is 0 Å². The van der Waals surface area contributed by atoms with Crippen LogP contribution >= 0.6 is 8.25 Å². The third kappa shape index (κ3) is 1.76. The molecule has 4 nitrogen and oxygen atoms in total. The Labute approximate surface area is 95.9 Å². The number of rotatable bonds is 2. The first-order valence-corrected chi connectivity index (χ1v) is 13.5. The fourth-order valence-electron chi connectivity index (χ4n) is 1.15. The van der Waals surface area contributed by atoms with Crippen LogP contribution in [0.1, 0.15) is 0 Å². The first kappa shape index (κ1) is 9.92. The molecule has 0 fully saturated rings. The van der Waals surface area contributed by atoms with Crippen LogP contribution in [0.2, 0.25) is 0 Å². The number of benzene rings is 1. The van der Waals surface area contributed by atoms with E-state index in [2.05, 4.69) is 9.79 Å². The van der Waals surface area contributed by atoms with Gasteiger partial charge >= 0.3 is 96.3 Å². The van der Waals surface area contributed by atoms with Crippen LogP contribution in [0.5, 0.6) is 5.95 Å². The molecular weight excluding hydrogens is 392 g/mol. The molecule has 0 bridgehead atoms. The summed E-state index contributed by atoms with van der Waals surface area (Å²) in [4.78, 5) is 0. The molecule has 0 unspecified atom stereocenters. The standard InChI is InChI=1S/C8H6N2O2.ClH.Hg/c11-8-6-10(9-12-8)7-4-2-1-3-5-7;;/h1-5,11H;1H;/q+1;;+1/p-2. The normalized spacial score (nSPS) is 9.79. The number of halogens is 1. The van der Waals surface area contributed by atoms with E-state index in [0.717, 1.165) is 5.69 Å². The molecular formula is C8H5ClHgN2O2. The van der Waals surface area contributed by atoms with E-state index < -0.39 is 29.3 Å². The number of hydrogen-bond acceptors (Lipinski definition) is 3.